The number of alkyl halides is 1. The highest BCUT2D eigenvalue weighted by atomic mass is 19.1. The Balaban J connectivity index is 2.71. The van der Waals surface area contributed by atoms with Crippen LogP contribution in [-0.2, 0) is 33.3 Å². The topological polar surface area (TPSA) is 88.1 Å². The Labute approximate surface area is 108 Å². The predicted molar refractivity (Wildman–Crippen MR) is 57.5 cm³/mol. The summed E-state index contributed by atoms with van der Waals surface area (Å²) in [5.41, 5.74) is 0. The van der Waals surface area contributed by atoms with Crippen LogP contribution in [0.25, 0.3) is 0 Å². The molecule has 108 valence electrons. The average molecular weight is 278 g/mol. The molecule has 0 radical (unpaired) electrons. The number of carbonyl (C=O) groups excluding carboxylic acids is 3. The lowest BCUT2D eigenvalue weighted by atomic mass is 10.1. The minimum Gasteiger partial charge on any atom is -0.463 e. The second-order valence-corrected chi connectivity index (χ2v) is 3.97. The Bertz CT molecular complexity index is 370. The van der Waals surface area contributed by atoms with Crippen molar-refractivity contribution in [2.24, 2.45) is 0 Å². The van der Waals surface area contributed by atoms with Crippen molar-refractivity contribution >= 4 is 17.9 Å². The first kappa shape index (κ1) is 15.4. The van der Waals surface area contributed by atoms with Crippen LogP contribution >= 0.6 is 0 Å². The van der Waals surface area contributed by atoms with E-state index in [0.29, 0.717) is 0 Å². The number of esters is 3. The summed E-state index contributed by atoms with van der Waals surface area (Å²) in [4.78, 5) is 32.4. The third-order valence-corrected chi connectivity index (χ3v) is 2.28. The van der Waals surface area contributed by atoms with Crippen molar-refractivity contribution in [1.29, 1.82) is 0 Å². The number of hydrogen-bond acceptors (Lipinski definition) is 7. The lowest BCUT2D eigenvalue weighted by molar-refractivity contribution is -0.184. The Kier molecular flexibility index (Phi) is 5.22. The largest absolute Gasteiger partial charge is 0.463 e. The zero-order valence-corrected chi connectivity index (χ0v) is 10.8. The molecule has 1 aliphatic rings. The highest BCUT2D eigenvalue weighted by Gasteiger charge is 2.49. The minimum absolute atomic E-state index is 0.300. The van der Waals surface area contributed by atoms with Crippen molar-refractivity contribution in [1.82, 2.24) is 0 Å². The van der Waals surface area contributed by atoms with E-state index in [1.165, 1.54) is 6.92 Å². The lowest BCUT2D eigenvalue weighted by Crippen LogP contribution is -2.37. The SMILES string of the molecule is CC(=O)OC[C@H]1OC(OC(C)=O)[C@@H](F)[C@@H]1OC(C)=O. The molecule has 1 saturated heterocycles. The van der Waals surface area contributed by atoms with E-state index in [0.717, 1.165) is 13.8 Å². The normalized spacial score (nSPS) is 29.7. The number of ether oxygens (including phenoxy) is 4. The van der Waals surface area contributed by atoms with E-state index in [1.807, 2.05) is 0 Å². The first-order valence-corrected chi connectivity index (χ1v) is 5.58. The fourth-order valence-corrected chi connectivity index (χ4v) is 1.61. The van der Waals surface area contributed by atoms with E-state index in [1.54, 1.807) is 0 Å². The summed E-state index contributed by atoms with van der Waals surface area (Å²) in [6.07, 6.45) is -5.64. The Morgan fingerprint density at radius 1 is 1.05 bits per heavy atom. The zero-order valence-electron chi connectivity index (χ0n) is 10.8. The van der Waals surface area contributed by atoms with Crippen LogP contribution in [0.5, 0.6) is 0 Å². The van der Waals surface area contributed by atoms with Gasteiger partial charge in [-0.05, 0) is 0 Å². The Hall–Kier alpha value is -1.70. The van der Waals surface area contributed by atoms with Crippen LogP contribution in [-0.4, -0.2) is 49.2 Å². The highest BCUT2D eigenvalue weighted by molar-refractivity contribution is 5.67. The van der Waals surface area contributed by atoms with Crippen molar-refractivity contribution < 1.29 is 37.7 Å². The molecule has 0 aromatic carbocycles. The van der Waals surface area contributed by atoms with Gasteiger partial charge in [0, 0.05) is 20.8 Å². The molecule has 0 N–H and O–H groups in total. The molecule has 8 heteroatoms. The molecule has 19 heavy (non-hydrogen) atoms. The van der Waals surface area contributed by atoms with Gasteiger partial charge in [0.25, 0.3) is 0 Å². The molecule has 0 saturated carbocycles. The van der Waals surface area contributed by atoms with Crippen LogP contribution in [0.2, 0.25) is 0 Å². The number of hydrogen-bond donors (Lipinski definition) is 0. The Morgan fingerprint density at radius 3 is 2.11 bits per heavy atom. The van der Waals surface area contributed by atoms with Crippen molar-refractivity contribution in [3.8, 4) is 0 Å². The molecule has 4 atom stereocenters. The van der Waals surface area contributed by atoms with Gasteiger partial charge in [-0.25, -0.2) is 4.39 Å². The van der Waals surface area contributed by atoms with Crippen LogP contribution in [0.1, 0.15) is 20.8 Å². The van der Waals surface area contributed by atoms with Gasteiger partial charge in [-0.15, -0.1) is 0 Å². The molecule has 1 fully saturated rings. The first-order chi connectivity index (χ1) is 8.81. The molecule has 0 aliphatic carbocycles. The maximum Gasteiger partial charge on any atom is 0.305 e. The summed E-state index contributed by atoms with van der Waals surface area (Å²) >= 11 is 0. The smallest absolute Gasteiger partial charge is 0.305 e. The third kappa shape index (κ3) is 4.47. The molecule has 1 heterocycles. The monoisotopic (exact) mass is 278 g/mol. The molecule has 0 amide bonds. The van der Waals surface area contributed by atoms with Crippen LogP contribution in [0.3, 0.4) is 0 Å². The zero-order chi connectivity index (χ0) is 14.6. The summed E-state index contributed by atoms with van der Waals surface area (Å²) in [6.45, 7) is 3.07. The minimum atomic E-state index is -1.84. The maximum atomic E-state index is 13.9. The molecule has 1 unspecified atom stereocenters. The van der Waals surface area contributed by atoms with Gasteiger partial charge in [-0.3, -0.25) is 14.4 Å². The van der Waals surface area contributed by atoms with Gasteiger partial charge >= 0.3 is 17.9 Å². The second kappa shape index (κ2) is 6.46. The first-order valence-electron chi connectivity index (χ1n) is 5.58. The summed E-state index contributed by atoms with van der Waals surface area (Å²) < 4.78 is 33.0. The Morgan fingerprint density at radius 2 is 1.63 bits per heavy atom. The number of rotatable bonds is 4. The molecule has 1 aliphatic heterocycles. The fraction of sp³-hybridized carbons (Fsp3) is 0.727. The quantitative estimate of drug-likeness (QED) is 0.532. The summed E-state index contributed by atoms with van der Waals surface area (Å²) in [6, 6.07) is 0. The summed E-state index contributed by atoms with van der Waals surface area (Å²) in [5, 5.41) is 0. The molecule has 7 nitrogen and oxygen atoms in total. The van der Waals surface area contributed by atoms with E-state index in [-0.39, 0.29) is 6.61 Å². The molecular formula is C11H15FO7. The molecule has 1 rings (SSSR count). The van der Waals surface area contributed by atoms with Gasteiger partial charge in [0.2, 0.25) is 12.5 Å². The van der Waals surface area contributed by atoms with E-state index in [4.69, 9.17) is 9.47 Å². The molecule has 0 spiro atoms. The lowest BCUT2D eigenvalue weighted by Gasteiger charge is -2.17. The van der Waals surface area contributed by atoms with E-state index < -0.39 is 42.6 Å². The van der Waals surface area contributed by atoms with Crippen LogP contribution in [0, 0.1) is 0 Å². The standard InChI is InChI=1S/C11H15FO7/c1-5(13)16-4-8-10(17-6(2)14)9(12)11(19-8)18-7(3)15/h8-11H,4H2,1-3H3/t8-,9+,10-,11?/m1/s1. The number of carbonyl (C=O) groups is 3. The van der Waals surface area contributed by atoms with Crippen molar-refractivity contribution in [3.63, 3.8) is 0 Å². The fourth-order valence-electron chi connectivity index (χ4n) is 1.61. The summed E-state index contributed by atoms with van der Waals surface area (Å²) in [7, 11) is 0. The second-order valence-electron chi connectivity index (χ2n) is 3.97. The molecule has 0 aromatic rings. The van der Waals surface area contributed by atoms with Gasteiger partial charge in [0.05, 0.1) is 0 Å². The van der Waals surface area contributed by atoms with Gasteiger partial charge in [-0.1, -0.05) is 0 Å². The molecular weight excluding hydrogens is 263 g/mol. The van der Waals surface area contributed by atoms with Crippen molar-refractivity contribution in [3.05, 3.63) is 0 Å². The average Bonchev–Trinajstić information content (AvgIpc) is 2.53. The predicted octanol–water partition coefficient (Wildman–Crippen LogP) is 0.107. The maximum absolute atomic E-state index is 13.9. The van der Waals surface area contributed by atoms with Gasteiger partial charge in [-0.2, -0.15) is 0 Å². The summed E-state index contributed by atoms with van der Waals surface area (Å²) in [5.74, 6) is -2.04. The number of halogens is 1. The van der Waals surface area contributed by atoms with Crippen molar-refractivity contribution in [2.75, 3.05) is 6.61 Å². The molecule has 0 bridgehead atoms. The van der Waals surface area contributed by atoms with Gasteiger partial charge in [0.1, 0.15) is 12.7 Å². The van der Waals surface area contributed by atoms with E-state index >= 15 is 0 Å². The van der Waals surface area contributed by atoms with Gasteiger partial charge in [0.15, 0.2) is 6.10 Å². The molecule has 0 aromatic heterocycles. The van der Waals surface area contributed by atoms with Crippen LogP contribution < -0.4 is 0 Å². The van der Waals surface area contributed by atoms with Crippen molar-refractivity contribution in [2.45, 2.75) is 45.4 Å². The van der Waals surface area contributed by atoms with E-state index in [2.05, 4.69) is 9.47 Å². The van der Waals surface area contributed by atoms with Crippen LogP contribution in [0.4, 0.5) is 4.39 Å². The van der Waals surface area contributed by atoms with Crippen LogP contribution in [0.15, 0.2) is 0 Å². The van der Waals surface area contributed by atoms with Gasteiger partial charge < -0.3 is 18.9 Å². The third-order valence-electron chi connectivity index (χ3n) is 2.28. The van der Waals surface area contributed by atoms with E-state index in [9.17, 15) is 18.8 Å². The highest BCUT2D eigenvalue weighted by Crippen LogP contribution is 2.28.